The molecule has 0 fully saturated rings. The van der Waals surface area contributed by atoms with Crippen molar-refractivity contribution in [2.45, 2.75) is 0 Å². The van der Waals surface area contributed by atoms with Gasteiger partial charge in [0, 0.05) is 17.8 Å². The lowest BCUT2D eigenvalue weighted by Crippen LogP contribution is -2.12. The number of carbonyl (C=O) groups excluding carboxylic acids is 2. The van der Waals surface area contributed by atoms with Crippen LogP contribution in [-0.4, -0.2) is 12.2 Å². The number of amides is 1. The highest BCUT2D eigenvalue weighted by Gasteiger charge is 2.03. The van der Waals surface area contributed by atoms with Gasteiger partial charge in [0.2, 0.25) is 5.91 Å². The molecule has 0 bridgehead atoms. The van der Waals surface area contributed by atoms with Crippen LogP contribution in [0.4, 0.5) is 0 Å². The molecule has 0 saturated carbocycles. The summed E-state index contributed by atoms with van der Waals surface area (Å²) in [5.74, 6) is -0.178. The molecule has 1 heterocycles. The molecule has 1 N–H and O–H groups in total. The van der Waals surface area contributed by atoms with Gasteiger partial charge < -0.3 is 5.32 Å². The third kappa shape index (κ3) is 1.25. The number of carbonyl (C=O) groups is 2. The van der Waals surface area contributed by atoms with Gasteiger partial charge in [-0.1, -0.05) is 0 Å². The van der Waals surface area contributed by atoms with E-state index >= 15 is 0 Å². The molecular formula is C6H5NO2. The number of allylic oxidation sites excluding steroid dienone is 2. The van der Waals surface area contributed by atoms with Crippen molar-refractivity contribution in [3.8, 4) is 0 Å². The van der Waals surface area contributed by atoms with Crippen molar-refractivity contribution in [1.29, 1.82) is 0 Å². The Morgan fingerprint density at radius 3 is 2.67 bits per heavy atom. The van der Waals surface area contributed by atoms with Gasteiger partial charge in [-0.3, -0.25) is 9.59 Å². The van der Waals surface area contributed by atoms with E-state index in [2.05, 4.69) is 5.32 Å². The molecule has 0 aliphatic carbocycles. The molecule has 0 aromatic carbocycles. The average Bonchev–Trinajstić information content (AvgIpc) is 2.17. The minimum atomic E-state index is -0.178. The van der Waals surface area contributed by atoms with Crippen molar-refractivity contribution in [2.75, 3.05) is 0 Å². The highest BCUT2D eigenvalue weighted by molar-refractivity contribution is 5.93. The van der Waals surface area contributed by atoms with E-state index in [0.29, 0.717) is 12.0 Å². The first-order valence-corrected chi connectivity index (χ1v) is 2.47. The van der Waals surface area contributed by atoms with Crippen molar-refractivity contribution < 1.29 is 9.59 Å². The summed E-state index contributed by atoms with van der Waals surface area (Å²) in [6.45, 7) is 0. The summed E-state index contributed by atoms with van der Waals surface area (Å²) < 4.78 is 0. The fraction of sp³-hybridized carbons (Fsp3) is 0. The summed E-state index contributed by atoms with van der Waals surface area (Å²) >= 11 is 0. The highest BCUT2D eigenvalue weighted by atomic mass is 16.1. The lowest BCUT2D eigenvalue weighted by atomic mass is 10.4. The Balaban J connectivity index is 2.70. The van der Waals surface area contributed by atoms with E-state index in [0.717, 1.165) is 0 Å². The molecule has 0 atom stereocenters. The van der Waals surface area contributed by atoms with Crippen LogP contribution >= 0.6 is 0 Å². The molecule has 1 aliphatic rings. The molecule has 0 saturated heterocycles. The van der Waals surface area contributed by atoms with E-state index < -0.39 is 0 Å². The van der Waals surface area contributed by atoms with Gasteiger partial charge in [0.25, 0.3) is 0 Å². The fourth-order valence-corrected chi connectivity index (χ4v) is 0.562. The van der Waals surface area contributed by atoms with Crippen LogP contribution in [0.3, 0.4) is 0 Å². The minimum Gasteiger partial charge on any atom is -0.322 e. The SMILES string of the molecule is O=C/C=C1/C=CC(=O)N1. The first-order chi connectivity index (χ1) is 4.33. The number of aldehydes is 1. The molecule has 0 radical (unpaired) electrons. The molecule has 9 heavy (non-hydrogen) atoms. The van der Waals surface area contributed by atoms with Gasteiger partial charge in [0.1, 0.15) is 6.29 Å². The van der Waals surface area contributed by atoms with Crippen LogP contribution in [-0.2, 0) is 9.59 Å². The van der Waals surface area contributed by atoms with E-state index in [1.165, 1.54) is 12.2 Å². The molecular weight excluding hydrogens is 118 g/mol. The molecule has 3 nitrogen and oxygen atoms in total. The van der Waals surface area contributed by atoms with Crippen molar-refractivity contribution in [1.82, 2.24) is 5.32 Å². The van der Waals surface area contributed by atoms with Crippen molar-refractivity contribution in [3.63, 3.8) is 0 Å². The van der Waals surface area contributed by atoms with Crippen molar-refractivity contribution in [3.05, 3.63) is 23.9 Å². The number of hydrogen-bond donors (Lipinski definition) is 1. The van der Waals surface area contributed by atoms with Crippen LogP contribution in [0.2, 0.25) is 0 Å². The maximum Gasteiger partial charge on any atom is 0.248 e. The molecule has 3 heteroatoms. The Morgan fingerprint density at radius 2 is 2.22 bits per heavy atom. The summed E-state index contributed by atoms with van der Waals surface area (Å²) in [7, 11) is 0. The monoisotopic (exact) mass is 123 g/mol. The maximum atomic E-state index is 10.4. The zero-order chi connectivity index (χ0) is 6.69. The minimum absolute atomic E-state index is 0.178. The Hall–Kier alpha value is -1.38. The zero-order valence-electron chi connectivity index (χ0n) is 4.63. The molecule has 0 aromatic rings. The lowest BCUT2D eigenvalue weighted by molar-refractivity contribution is -0.115. The summed E-state index contributed by atoms with van der Waals surface area (Å²) in [5.41, 5.74) is 0.551. The van der Waals surface area contributed by atoms with E-state index in [1.807, 2.05) is 0 Å². The first-order valence-electron chi connectivity index (χ1n) is 2.47. The standard InChI is InChI=1S/C6H5NO2/c8-4-3-5-1-2-6(9)7-5/h1-4H,(H,7,9)/b5-3-. The highest BCUT2D eigenvalue weighted by Crippen LogP contribution is 1.97. The first kappa shape index (κ1) is 5.75. The molecule has 0 aromatic heterocycles. The summed E-state index contributed by atoms with van der Waals surface area (Å²) in [5, 5.41) is 2.43. The van der Waals surface area contributed by atoms with Gasteiger partial charge in [0.05, 0.1) is 0 Å². The number of nitrogens with one attached hydrogen (secondary N) is 1. The predicted molar refractivity (Wildman–Crippen MR) is 31.4 cm³/mol. The molecule has 1 aliphatic heterocycles. The van der Waals surface area contributed by atoms with Crippen molar-refractivity contribution in [2.24, 2.45) is 0 Å². The third-order valence-electron chi connectivity index (χ3n) is 0.929. The average molecular weight is 123 g/mol. The van der Waals surface area contributed by atoms with Crippen LogP contribution in [0.1, 0.15) is 0 Å². The Morgan fingerprint density at radius 1 is 1.44 bits per heavy atom. The third-order valence-corrected chi connectivity index (χ3v) is 0.929. The largest absolute Gasteiger partial charge is 0.322 e. The Labute approximate surface area is 52.1 Å². The van der Waals surface area contributed by atoms with Gasteiger partial charge >= 0.3 is 0 Å². The van der Waals surface area contributed by atoms with E-state index in [4.69, 9.17) is 0 Å². The van der Waals surface area contributed by atoms with E-state index in [9.17, 15) is 9.59 Å². The molecule has 1 amide bonds. The topological polar surface area (TPSA) is 46.2 Å². The summed E-state index contributed by atoms with van der Waals surface area (Å²) in [6.07, 6.45) is 4.85. The second-order valence-corrected chi connectivity index (χ2v) is 1.58. The summed E-state index contributed by atoms with van der Waals surface area (Å²) in [4.78, 5) is 20.2. The second-order valence-electron chi connectivity index (χ2n) is 1.58. The van der Waals surface area contributed by atoms with Gasteiger partial charge in [-0.15, -0.1) is 0 Å². The Bertz CT molecular complexity index is 203. The van der Waals surface area contributed by atoms with Crippen LogP contribution in [0.15, 0.2) is 23.9 Å². The van der Waals surface area contributed by atoms with Crippen molar-refractivity contribution >= 4 is 12.2 Å². The van der Waals surface area contributed by atoms with Crippen LogP contribution < -0.4 is 5.32 Å². The van der Waals surface area contributed by atoms with Gasteiger partial charge in [-0.2, -0.15) is 0 Å². The molecule has 46 valence electrons. The summed E-state index contributed by atoms with van der Waals surface area (Å²) in [6, 6.07) is 0. The quantitative estimate of drug-likeness (QED) is 0.386. The second kappa shape index (κ2) is 2.26. The number of rotatable bonds is 1. The van der Waals surface area contributed by atoms with Crippen LogP contribution in [0, 0.1) is 0 Å². The fourth-order valence-electron chi connectivity index (χ4n) is 0.562. The number of hydrogen-bond acceptors (Lipinski definition) is 2. The normalized spacial score (nSPS) is 20.4. The molecule has 0 spiro atoms. The van der Waals surface area contributed by atoms with Gasteiger partial charge in [0.15, 0.2) is 0 Å². The molecule has 1 rings (SSSR count). The zero-order valence-corrected chi connectivity index (χ0v) is 4.63. The Kier molecular flexibility index (Phi) is 1.44. The van der Waals surface area contributed by atoms with Crippen LogP contribution in [0.5, 0.6) is 0 Å². The van der Waals surface area contributed by atoms with Crippen LogP contribution in [0.25, 0.3) is 0 Å². The lowest BCUT2D eigenvalue weighted by Gasteiger charge is -1.89. The van der Waals surface area contributed by atoms with Gasteiger partial charge in [-0.05, 0) is 6.08 Å². The maximum absolute atomic E-state index is 10.4. The molecule has 0 unspecified atom stereocenters. The van der Waals surface area contributed by atoms with E-state index in [1.54, 1.807) is 6.08 Å². The van der Waals surface area contributed by atoms with Gasteiger partial charge in [-0.25, -0.2) is 0 Å². The van der Waals surface area contributed by atoms with E-state index in [-0.39, 0.29) is 5.91 Å². The smallest absolute Gasteiger partial charge is 0.248 e. The predicted octanol–water partition coefficient (Wildman–Crippen LogP) is -0.245.